The summed E-state index contributed by atoms with van der Waals surface area (Å²) in [6.07, 6.45) is 0. The number of anilines is 1. The summed E-state index contributed by atoms with van der Waals surface area (Å²) in [6, 6.07) is 15.1. The standard InChI is InChI=1S/C18H19N5O2S/c1-12-5-4-6-14(11-12)19-17(24)13(2)26-18-20-21-22-23(18)15-7-9-16(25-3)10-8-15/h4-11,13H,1-3H3,(H,19,24). The maximum atomic E-state index is 12.5. The summed E-state index contributed by atoms with van der Waals surface area (Å²) in [7, 11) is 1.61. The molecule has 0 bridgehead atoms. The Morgan fingerprint density at radius 1 is 1.23 bits per heavy atom. The van der Waals surface area contributed by atoms with Crippen molar-refractivity contribution in [2.45, 2.75) is 24.3 Å². The van der Waals surface area contributed by atoms with Gasteiger partial charge in [0.2, 0.25) is 11.1 Å². The maximum Gasteiger partial charge on any atom is 0.237 e. The number of benzene rings is 2. The Bertz CT molecular complexity index is 895. The van der Waals surface area contributed by atoms with Crippen molar-refractivity contribution in [3.8, 4) is 11.4 Å². The van der Waals surface area contributed by atoms with Crippen LogP contribution in [0.5, 0.6) is 5.75 Å². The van der Waals surface area contributed by atoms with Crippen LogP contribution in [-0.4, -0.2) is 38.5 Å². The second kappa shape index (κ2) is 8.01. The zero-order valence-corrected chi connectivity index (χ0v) is 15.5. The molecule has 1 N–H and O–H groups in total. The lowest BCUT2D eigenvalue weighted by Crippen LogP contribution is -2.23. The van der Waals surface area contributed by atoms with Crippen molar-refractivity contribution >= 4 is 23.4 Å². The van der Waals surface area contributed by atoms with Crippen molar-refractivity contribution < 1.29 is 9.53 Å². The van der Waals surface area contributed by atoms with Gasteiger partial charge in [-0.1, -0.05) is 23.9 Å². The fourth-order valence-electron chi connectivity index (χ4n) is 2.32. The molecule has 8 heteroatoms. The largest absolute Gasteiger partial charge is 0.497 e. The predicted octanol–water partition coefficient (Wildman–Crippen LogP) is 3.10. The highest BCUT2D eigenvalue weighted by atomic mass is 32.2. The summed E-state index contributed by atoms with van der Waals surface area (Å²) in [5.41, 5.74) is 2.66. The summed E-state index contributed by atoms with van der Waals surface area (Å²) in [4.78, 5) is 12.5. The first kappa shape index (κ1) is 17.9. The fourth-order valence-corrected chi connectivity index (χ4v) is 3.12. The first-order valence-corrected chi connectivity index (χ1v) is 8.92. The molecule has 134 valence electrons. The minimum Gasteiger partial charge on any atom is -0.497 e. The highest BCUT2D eigenvalue weighted by molar-refractivity contribution is 8.00. The van der Waals surface area contributed by atoms with Crippen LogP contribution in [0.15, 0.2) is 53.7 Å². The third kappa shape index (κ3) is 4.20. The molecule has 1 heterocycles. The smallest absolute Gasteiger partial charge is 0.237 e. The number of hydrogen-bond donors (Lipinski definition) is 1. The number of aromatic nitrogens is 4. The third-order valence-electron chi connectivity index (χ3n) is 3.69. The van der Waals surface area contributed by atoms with Crippen LogP contribution in [-0.2, 0) is 4.79 Å². The Morgan fingerprint density at radius 3 is 2.69 bits per heavy atom. The van der Waals surface area contributed by atoms with E-state index in [9.17, 15) is 4.79 Å². The van der Waals surface area contributed by atoms with E-state index in [0.29, 0.717) is 5.16 Å². The van der Waals surface area contributed by atoms with Gasteiger partial charge >= 0.3 is 0 Å². The van der Waals surface area contributed by atoms with Crippen LogP contribution in [0.3, 0.4) is 0 Å². The lowest BCUT2D eigenvalue weighted by Gasteiger charge is -2.12. The summed E-state index contributed by atoms with van der Waals surface area (Å²) < 4.78 is 6.76. The average Bonchev–Trinajstić information content (AvgIpc) is 3.10. The zero-order valence-electron chi connectivity index (χ0n) is 14.7. The minimum atomic E-state index is -0.362. The number of amides is 1. The number of ether oxygens (including phenoxy) is 1. The monoisotopic (exact) mass is 369 g/mol. The molecular weight excluding hydrogens is 350 g/mol. The quantitative estimate of drug-likeness (QED) is 0.673. The van der Waals surface area contributed by atoms with Crippen molar-refractivity contribution in [2.75, 3.05) is 12.4 Å². The first-order chi connectivity index (χ1) is 12.6. The van der Waals surface area contributed by atoms with Gasteiger partial charge in [-0.15, -0.1) is 5.10 Å². The van der Waals surface area contributed by atoms with Gasteiger partial charge in [0, 0.05) is 5.69 Å². The van der Waals surface area contributed by atoms with Crippen LogP contribution in [0.25, 0.3) is 5.69 Å². The maximum absolute atomic E-state index is 12.5. The van der Waals surface area contributed by atoms with Gasteiger partial charge in [0.25, 0.3) is 0 Å². The molecule has 0 aliphatic rings. The molecule has 3 rings (SSSR count). The fraction of sp³-hybridized carbons (Fsp3) is 0.222. The molecule has 1 unspecified atom stereocenters. The highest BCUT2D eigenvalue weighted by Gasteiger charge is 2.19. The van der Waals surface area contributed by atoms with Crippen LogP contribution in [0, 0.1) is 6.92 Å². The molecular formula is C18H19N5O2S. The van der Waals surface area contributed by atoms with E-state index in [1.165, 1.54) is 11.8 Å². The van der Waals surface area contributed by atoms with E-state index in [-0.39, 0.29) is 11.2 Å². The van der Waals surface area contributed by atoms with Gasteiger partial charge in [0.1, 0.15) is 5.75 Å². The number of carbonyl (C=O) groups excluding carboxylic acids is 1. The van der Waals surface area contributed by atoms with Crippen LogP contribution in [0.4, 0.5) is 5.69 Å². The van der Waals surface area contributed by atoms with Crippen LogP contribution < -0.4 is 10.1 Å². The number of thioether (sulfide) groups is 1. The molecule has 1 amide bonds. The zero-order chi connectivity index (χ0) is 18.5. The van der Waals surface area contributed by atoms with Crippen LogP contribution in [0.2, 0.25) is 0 Å². The lowest BCUT2D eigenvalue weighted by atomic mass is 10.2. The van der Waals surface area contributed by atoms with Crippen molar-refractivity contribution in [3.63, 3.8) is 0 Å². The number of tetrazole rings is 1. The Labute approximate surface area is 155 Å². The van der Waals surface area contributed by atoms with Crippen LogP contribution in [0.1, 0.15) is 12.5 Å². The van der Waals surface area contributed by atoms with Gasteiger partial charge in [0.15, 0.2) is 0 Å². The summed E-state index contributed by atoms with van der Waals surface area (Å²) in [5.74, 6) is 0.645. The minimum absolute atomic E-state index is 0.107. The molecule has 0 spiro atoms. The van der Waals surface area contributed by atoms with Gasteiger partial charge in [-0.25, -0.2) is 0 Å². The average molecular weight is 369 g/mol. The Hall–Kier alpha value is -2.87. The molecule has 0 saturated carbocycles. The van der Waals surface area contributed by atoms with Gasteiger partial charge < -0.3 is 10.1 Å². The number of nitrogens with zero attached hydrogens (tertiary/aromatic N) is 4. The Balaban J connectivity index is 1.70. The molecule has 0 aliphatic carbocycles. The van der Waals surface area contributed by atoms with E-state index in [4.69, 9.17) is 4.74 Å². The van der Waals surface area contributed by atoms with E-state index in [1.807, 2.05) is 62.4 Å². The van der Waals surface area contributed by atoms with E-state index in [2.05, 4.69) is 20.8 Å². The molecule has 3 aromatic rings. The van der Waals surface area contributed by atoms with E-state index < -0.39 is 0 Å². The molecule has 1 aromatic heterocycles. The van der Waals surface area contributed by atoms with Crippen molar-refractivity contribution in [1.82, 2.24) is 20.2 Å². The van der Waals surface area contributed by atoms with Gasteiger partial charge in [-0.3, -0.25) is 4.79 Å². The van der Waals surface area contributed by atoms with Gasteiger partial charge in [0.05, 0.1) is 18.0 Å². The molecule has 0 saturated heterocycles. The predicted molar refractivity (Wildman–Crippen MR) is 101 cm³/mol. The summed E-state index contributed by atoms with van der Waals surface area (Å²) >= 11 is 1.30. The van der Waals surface area contributed by atoms with Crippen molar-refractivity contribution in [1.29, 1.82) is 0 Å². The first-order valence-electron chi connectivity index (χ1n) is 8.04. The van der Waals surface area contributed by atoms with E-state index in [0.717, 1.165) is 22.7 Å². The van der Waals surface area contributed by atoms with E-state index >= 15 is 0 Å². The topological polar surface area (TPSA) is 81.9 Å². The van der Waals surface area contributed by atoms with Crippen molar-refractivity contribution in [3.05, 3.63) is 54.1 Å². The number of hydrogen-bond acceptors (Lipinski definition) is 6. The molecule has 7 nitrogen and oxygen atoms in total. The van der Waals surface area contributed by atoms with Gasteiger partial charge in [-0.2, -0.15) is 4.68 Å². The SMILES string of the molecule is COc1ccc(-n2nnnc2SC(C)C(=O)Nc2cccc(C)c2)cc1. The van der Waals surface area contributed by atoms with E-state index in [1.54, 1.807) is 11.8 Å². The molecule has 2 aromatic carbocycles. The number of methoxy groups -OCH3 is 1. The normalized spacial score (nSPS) is 11.8. The lowest BCUT2D eigenvalue weighted by molar-refractivity contribution is -0.115. The summed E-state index contributed by atoms with van der Waals surface area (Å²) in [6.45, 7) is 3.81. The number of nitrogens with one attached hydrogen (secondary N) is 1. The molecule has 1 atom stereocenters. The van der Waals surface area contributed by atoms with Crippen LogP contribution >= 0.6 is 11.8 Å². The van der Waals surface area contributed by atoms with Crippen molar-refractivity contribution in [2.24, 2.45) is 0 Å². The number of carbonyl (C=O) groups is 1. The number of aryl methyl sites for hydroxylation is 1. The summed E-state index contributed by atoms with van der Waals surface area (Å²) in [5, 5.41) is 14.9. The Kier molecular flexibility index (Phi) is 5.52. The number of rotatable bonds is 6. The second-order valence-electron chi connectivity index (χ2n) is 5.69. The molecule has 26 heavy (non-hydrogen) atoms. The molecule has 0 radical (unpaired) electrons. The highest BCUT2D eigenvalue weighted by Crippen LogP contribution is 2.25. The second-order valence-corrected chi connectivity index (χ2v) is 7.00. The molecule has 0 aliphatic heterocycles. The Morgan fingerprint density at radius 2 is 2.00 bits per heavy atom. The van der Waals surface area contributed by atoms with Gasteiger partial charge in [-0.05, 0) is 66.2 Å². The third-order valence-corrected chi connectivity index (χ3v) is 4.73. The molecule has 0 fully saturated rings.